The summed E-state index contributed by atoms with van der Waals surface area (Å²) in [7, 11) is 0. The van der Waals surface area contributed by atoms with Crippen molar-refractivity contribution in [2.45, 2.75) is 39.4 Å². The van der Waals surface area contributed by atoms with E-state index in [4.69, 9.17) is 10.6 Å². The molecule has 0 amide bonds. The summed E-state index contributed by atoms with van der Waals surface area (Å²) in [4.78, 5) is 10.8. The van der Waals surface area contributed by atoms with Crippen molar-refractivity contribution in [3.8, 4) is 0 Å². The van der Waals surface area contributed by atoms with Gasteiger partial charge in [0.25, 0.3) is 0 Å². The number of ether oxygens (including phenoxy) is 1. The molecule has 18 heavy (non-hydrogen) atoms. The van der Waals surface area contributed by atoms with Crippen LogP contribution in [-0.2, 0) is 4.74 Å². The molecule has 1 aromatic rings. The Balaban J connectivity index is 2.27. The molecule has 2 heterocycles. The summed E-state index contributed by atoms with van der Waals surface area (Å²) in [5.41, 5.74) is 3.22. The molecule has 1 atom stereocenters. The second-order valence-electron chi connectivity index (χ2n) is 5.40. The van der Waals surface area contributed by atoms with E-state index in [9.17, 15) is 0 Å². The fourth-order valence-electron chi connectivity index (χ4n) is 2.41. The molecule has 1 aromatic heterocycles. The van der Waals surface area contributed by atoms with E-state index in [0.717, 1.165) is 24.6 Å². The van der Waals surface area contributed by atoms with Gasteiger partial charge in [0.2, 0.25) is 5.95 Å². The summed E-state index contributed by atoms with van der Waals surface area (Å²) in [5.74, 6) is 6.71. The first-order chi connectivity index (χ1) is 8.39. The van der Waals surface area contributed by atoms with E-state index in [2.05, 4.69) is 41.1 Å². The number of nitrogen functional groups attached to an aromatic ring is 1. The Kier molecular flexibility index (Phi) is 3.41. The fraction of sp³-hybridized carbons (Fsp3) is 0.667. The van der Waals surface area contributed by atoms with Gasteiger partial charge in [-0.25, -0.2) is 10.8 Å². The predicted molar refractivity (Wildman–Crippen MR) is 71.4 cm³/mol. The molecule has 6 nitrogen and oxygen atoms in total. The third-order valence-corrected chi connectivity index (χ3v) is 2.86. The maximum Gasteiger partial charge on any atom is 0.239 e. The van der Waals surface area contributed by atoms with Crippen LogP contribution < -0.4 is 16.2 Å². The number of hydrogen-bond donors (Lipinski definition) is 2. The van der Waals surface area contributed by atoms with Crippen LogP contribution in [0.3, 0.4) is 0 Å². The highest BCUT2D eigenvalue weighted by Gasteiger charge is 2.32. The topological polar surface area (TPSA) is 76.3 Å². The van der Waals surface area contributed by atoms with Crippen molar-refractivity contribution in [1.82, 2.24) is 9.97 Å². The number of hydrazine groups is 1. The Hall–Kier alpha value is -1.40. The van der Waals surface area contributed by atoms with E-state index in [-0.39, 0.29) is 11.7 Å². The average Bonchev–Trinajstić information content (AvgIpc) is 2.25. The molecule has 1 fully saturated rings. The van der Waals surface area contributed by atoms with E-state index < -0.39 is 0 Å². The third-order valence-electron chi connectivity index (χ3n) is 2.86. The molecule has 100 valence electrons. The summed E-state index contributed by atoms with van der Waals surface area (Å²) < 4.78 is 5.89. The molecule has 3 N–H and O–H groups in total. The highest BCUT2D eigenvalue weighted by atomic mass is 16.5. The Morgan fingerprint density at radius 2 is 2.22 bits per heavy atom. The standard InChI is InChI=1S/C12H21N5O/c1-8-5-10(15-11(14-8)16-13)17-6-9(2)18-12(3,4)7-17/h5,9H,6-7,13H2,1-4H3,(H,14,15,16). The molecule has 1 aliphatic heterocycles. The van der Waals surface area contributed by atoms with E-state index in [1.54, 1.807) is 0 Å². The zero-order chi connectivity index (χ0) is 13.3. The molecule has 2 rings (SSSR count). The average molecular weight is 251 g/mol. The smallest absolute Gasteiger partial charge is 0.239 e. The number of aromatic nitrogens is 2. The van der Waals surface area contributed by atoms with Gasteiger partial charge in [0.05, 0.1) is 11.7 Å². The molecule has 0 aromatic carbocycles. The van der Waals surface area contributed by atoms with Gasteiger partial charge in [-0.3, -0.25) is 5.43 Å². The van der Waals surface area contributed by atoms with E-state index >= 15 is 0 Å². The van der Waals surface area contributed by atoms with Gasteiger partial charge < -0.3 is 9.64 Å². The van der Waals surface area contributed by atoms with Crippen LogP contribution in [0.5, 0.6) is 0 Å². The van der Waals surface area contributed by atoms with Crippen LogP contribution in [0.1, 0.15) is 26.5 Å². The maximum atomic E-state index is 5.89. The van der Waals surface area contributed by atoms with Crippen LogP contribution in [0.25, 0.3) is 0 Å². The number of nitrogens with two attached hydrogens (primary N) is 1. The van der Waals surface area contributed by atoms with Crippen molar-refractivity contribution < 1.29 is 4.74 Å². The minimum atomic E-state index is -0.174. The van der Waals surface area contributed by atoms with Crippen molar-refractivity contribution >= 4 is 11.8 Å². The monoisotopic (exact) mass is 251 g/mol. The summed E-state index contributed by atoms with van der Waals surface area (Å²) in [5, 5.41) is 0. The Bertz CT molecular complexity index is 434. The third kappa shape index (κ3) is 2.88. The summed E-state index contributed by atoms with van der Waals surface area (Å²) >= 11 is 0. The Labute approximate surface area is 108 Å². The number of hydrogen-bond acceptors (Lipinski definition) is 6. The van der Waals surface area contributed by atoms with Gasteiger partial charge in [-0.15, -0.1) is 0 Å². The summed E-state index contributed by atoms with van der Waals surface area (Å²) in [6.07, 6.45) is 0.179. The first-order valence-corrected chi connectivity index (χ1v) is 6.15. The van der Waals surface area contributed by atoms with Crippen molar-refractivity contribution in [2.24, 2.45) is 5.84 Å². The van der Waals surface area contributed by atoms with Gasteiger partial charge in [0.1, 0.15) is 5.82 Å². The summed E-state index contributed by atoms with van der Waals surface area (Å²) in [6, 6.07) is 1.97. The van der Waals surface area contributed by atoms with Gasteiger partial charge in [0, 0.05) is 24.8 Å². The zero-order valence-corrected chi connectivity index (χ0v) is 11.4. The maximum absolute atomic E-state index is 5.89. The van der Waals surface area contributed by atoms with Crippen molar-refractivity contribution in [3.05, 3.63) is 11.8 Å². The van der Waals surface area contributed by atoms with E-state index in [1.165, 1.54) is 0 Å². The molecule has 6 heteroatoms. The minimum absolute atomic E-state index is 0.174. The zero-order valence-electron chi connectivity index (χ0n) is 11.4. The van der Waals surface area contributed by atoms with E-state index in [0.29, 0.717) is 5.95 Å². The number of morpholine rings is 1. The van der Waals surface area contributed by atoms with Crippen LogP contribution in [0.2, 0.25) is 0 Å². The second-order valence-corrected chi connectivity index (χ2v) is 5.40. The lowest BCUT2D eigenvalue weighted by Gasteiger charge is -2.42. The molecule has 0 radical (unpaired) electrons. The second kappa shape index (κ2) is 4.70. The van der Waals surface area contributed by atoms with Crippen LogP contribution in [0.4, 0.5) is 11.8 Å². The number of nitrogens with zero attached hydrogens (tertiary/aromatic N) is 3. The van der Waals surface area contributed by atoms with Crippen molar-refractivity contribution in [2.75, 3.05) is 23.4 Å². The largest absolute Gasteiger partial charge is 0.369 e. The number of anilines is 2. The molecule has 0 spiro atoms. The van der Waals surface area contributed by atoms with Gasteiger partial charge >= 0.3 is 0 Å². The Morgan fingerprint density at radius 1 is 1.50 bits per heavy atom. The van der Waals surface area contributed by atoms with Crippen LogP contribution in [-0.4, -0.2) is 34.8 Å². The lowest BCUT2D eigenvalue weighted by atomic mass is 10.1. The molecule has 0 aliphatic carbocycles. The van der Waals surface area contributed by atoms with Crippen molar-refractivity contribution in [1.29, 1.82) is 0 Å². The molecule has 0 bridgehead atoms. The molecular weight excluding hydrogens is 230 g/mol. The van der Waals surface area contributed by atoms with Crippen LogP contribution >= 0.6 is 0 Å². The quantitative estimate of drug-likeness (QED) is 0.605. The SMILES string of the molecule is Cc1cc(N2CC(C)OC(C)(C)C2)nc(NN)n1. The normalized spacial score (nSPS) is 22.9. The van der Waals surface area contributed by atoms with E-state index in [1.807, 2.05) is 13.0 Å². The number of nitrogens with one attached hydrogen (secondary N) is 1. The first kappa shape index (κ1) is 13.0. The van der Waals surface area contributed by atoms with Crippen LogP contribution in [0, 0.1) is 6.92 Å². The molecule has 1 aliphatic rings. The highest BCUT2D eigenvalue weighted by molar-refractivity contribution is 5.45. The minimum Gasteiger partial charge on any atom is -0.369 e. The molecular formula is C12H21N5O. The lowest BCUT2D eigenvalue weighted by molar-refractivity contribution is -0.0751. The predicted octanol–water partition coefficient (Wildman–Crippen LogP) is 1.07. The highest BCUT2D eigenvalue weighted by Crippen LogP contribution is 2.25. The van der Waals surface area contributed by atoms with Gasteiger partial charge in [0.15, 0.2) is 0 Å². The first-order valence-electron chi connectivity index (χ1n) is 6.15. The fourth-order valence-corrected chi connectivity index (χ4v) is 2.41. The molecule has 1 unspecified atom stereocenters. The molecule has 0 saturated carbocycles. The number of rotatable bonds is 2. The van der Waals surface area contributed by atoms with Crippen molar-refractivity contribution in [3.63, 3.8) is 0 Å². The summed E-state index contributed by atoms with van der Waals surface area (Å²) in [6.45, 7) is 9.81. The van der Waals surface area contributed by atoms with Gasteiger partial charge in [-0.2, -0.15) is 4.98 Å². The number of aryl methyl sites for hydroxylation is 1. The Morgan fingerprint density at radius 3 is 2.83 bits per heavy atom. The van der Waals surface area contributed by atoms with Crippen LogP contribution in [0.15, 0.2) is 6.07 Å². The van der Waals surface area contributed by atoms with Gasteiger partial charge in [-0.05, 0) is 27.7 Å². The lowest BCUT2D eigenvalue weighted by Crippen LogP contribution is -2.52. The van der Waals surface area contributed by atoms with Gasteiger partial charge in [-0.1, -0.05) is 0 Å². The molecule has 1 saturated heterocycles.